The van der Waals surface area contributed by atoms with Gasteiger partial charge in [-0.05, 0) is 24.1 Å². The molecule has 8 nitrogen and oxygen atoms in total. The van der Waals surface area contributed by atoms with Crippen LogP contribution >= 0.6 is 0 Å². The highest BCUT2D eigenvalue weighted by Crippen LogP contribution is 2.19. The van der Waals surface area contributed by atoms with Gasteiger partial charge in [-0.25, -0.2) is 32.2 Å². The van der Waals surface area contributed by atoms with Gasteiger partial charge < -0.3 is 5.32 Å². The molecular weight excluding hydrogens is 383 g/mol. The summed E-state index contributed by atoms with van der Waals surface area (Å²) < 4.78 is 41.0. The summed E-state index contributed by atoms with van der Waals surface area (Å²) in [6.45, 7) is 3.04. The van der Waals surface area contributed by atoms with Crippen molar-refractivity contribution >= 4 is 26.9 Å². The van der Waals surface area contributed by atoms with Crippen LogP contribution in [0.5, 0.6) is 0 Å². The Kier molecular flexibility index (Phi) is 6.53. The van der Waals surface area contributed by atoms with E-state index in [1.54, 1.807) is 23.0 Å². The second-order valence-corrected chi connectivity index (χ2v) is 8.30. The minimum atomic E-state index is -3.26. The smallest absolute Gasteiger partial charge is 0.211 e. The number of hydrogen-bond acceptors (Lipinski definition) is 6. The first kappa shape index (κ1) is 20.2. The minimum Gasteiger partial charge on any atom is -0.365 e. The normalized spacial score (nSPS) is 11.8. The second-order valence-electron chi connectivity index (χ2n) is 6.37. The van der Waals surface area contributed by atoms with Crippen molar-refractivity contribution in [1.29, 1.82) is 0 Å². The van der Waals surface area contributed by atoms with E-state index < -0.39 is 10.0 Å². The molecule has 0 unspecified atom stereocenters. The van der Waals surface area contributed by atoms with E-state index in [0.717, 1.165) is 17.4 Å². The average molecular weight is 406 g/mol. The zero-order valence-corrected chi connectivity index (χ0v) is 16.4. The summed E-state index contributed by atoms with van der Waals surface area (Å²) in [4.78, 5) is 8.50. The number of halogens is 1. The second kappa shape index (κ2) is 9.07. The first-order valence-electron chi connectivity index (χ1n) is 9.10. The maximum absolute atomic E-state index is 13.0. The van der Waals surface area contributed by atoms with Crippen LogP contribution in [0.4, 0.5) is 10.2 Å². The van der Waals surface area contributed by atoms with E-state index in [2.05, 4.69) is 25.1 Å². The van der Waals surface area contributed by atoms with Gasteiger partial charge in [0.15, 0.2) is 5.65 Å². The number of anilines is 1. The van der Waals surface area contributed by atoms with Crippen molar-refractivity contribution in [1.82, 2.24) is 24.5 Å². The lowest BCUT2D eigenvalue weighted by molar-refractivity contribution is 0.562. The molecule has 0 saturated heterocycles. The van der Waals surface area contributed by atoms with Crippen LogP contribution in [-0.2, 0) is 23.1 Å². The largest absolute Gasteiger partial charge is 0.365 e. The fraction of sp³-hybridized carbons (Fsp3) is 0.389. The summed E-state index contributed by atoms with van der Waals surface area (Å²) in [5.74, 6) is 0.465. The minimum absolute atomic E-state index is 0.128. The first-order valence-corrected chi connectivity index (χ1v) is 10.8. The summed E-state index contributed by atoms with van der Waals surface area (Å²) in [7, 11) is -3.26. The summed E-state index contributed by atoms with van der Waals surface area (Å²) in [5, 5.41) is 8.23. The highest BCUT2D eigenvalue weighted by atomic mass is 32.2. The van der Waals surface area contributed by atoms with Gasteiger partial charge in [0.1, 0.15) is 18.0 Å². The SMILES string of the molecule is CCCCS(=O)(=O)NCCn1ncc2c(NCc3ccc(F)cc3)ncnc21. The third-order valence-electron chi connectivity index (χ3n) is 4.22. The Morgan fingerprint density at radius 1 is 1.18 bits per heavy atom. The number of sulfonamides is 1. The topological polar surface area (TPSA) is 102 Å². The lowest BCUT2D eigenvalue weighted by Gasteiger charge is -2.08. The number of rotatable bonds is 10. The summed E-state index contributed by atoms with van der Waals surface area (Å²) in [6, 6.07) is 6.22. The van der Waals surface area contributed by atoms with Gasteiger partial charge >= 0.3 is 0 Å². The molecule has 0 saturated carbocycles. The van der Waals surface area contributed by atoms with Crippen LogP contribution in [0.25, 0.3) is 11.0 Å². The molecule has 0 aliphatic carbocycles. The van der Waals surface area contributed by atoms with Gasteiger partial charge in [-0.2, -0.15) is 5.10 Å². The van der Waals surface area contributed by atoms with Gasteiger partial charge in [-0.1, -0.05) is 25.5 Å². The Bertz CT molecular complexity index is 1020. The fourth-order valence-electron chi connectivity index (χ4n) is 2.70. The van der Waals surface area contributed by atoms with Crippen molar-refractivity contribution in [3.63, 3.8) is 0 Å². The molecule has 0 spiro atoms. The molecule has 0 atom stereocenters. The summed E-state index contributed by atoms with van der Waals surface area (Å²) >= 11 is 0. The predicted octanol–water partition coefficient (Wildman–Crippen LogP) is 2.30. The molecule has 3 rings (SSSR count). The van der Waals surface area contributed by atoms with E-state index >= 15 is 0 Å². The van der Waals surface area contributed by atoms with Crippen LogP contribution < -0.4 is 10.0 Å². The molecule has 10 heteroatoms. The van der Waals surface area contributed by atoms with Gasteiger partial charge in [0.2, 0.25) is 10.0 Å². The van der Waals surface area contributed by atoms with Crippen molar-refractivity contribution in [2.24, 2.45) is 0 Å². The quantitative estimate of drug-likeness (QED) is 0.536. The van der Waals surface area contributed by atoms with Crippen molar-refractivity contribution < 1.29 is 12.8 Å². The Morgan fingerprint density at radius 3 is 2.71 bits per heavy atom. The van der Waals surface area contributed by atoms with Crippen molar-refractivity contribution in [3.05, 3.63) is 48.2 Å². The monoisotopic (exact) mass is 406 g/mol. The lowest BCUT2D eigenvalue weighted by atomic mass is 10.2. The van der Waals surface area contributed by atoms with Gasteiger partial charge in [0.25, 0.3) is 0 Å². The van der Waals surface area contributed by atoms with Crippen LogP contribution in [0, 0.1) is 5.82 Å². The Balaban J connectivity index is 1.64. The third-order valence-corrected chi connectivity index (χ3v) is 5.69. The number of benzene rings is 1. The van der Waals surface area contributed by atoms with E-state index in [1.807, 2.05) is 6.92 Å². The molecule has 150 valence electrons. The number of fused-ring (bicyclic) bond motifs is 1. The molecule has 3 aromatic rings. The number of nitrogens with zero attached hydrogens (tertiary/aromatic N) is 4. The zero-order chi connectivity index (χ0) is 20.0. The third kappa shape index (κ3) is 5.23. The molecule has 0 bridgehead atoms. The van der Waals surface area contributed by atoms with E-state index in [1.165, 1.54) is 18.5 Å². The van der Waals surface area contributed by atoms with E-state index in [-0.39, 0.29) is 18.1 Å². The molecule has 0 aliphatic heterocycles. The zero-order valence-electron chi connectivity index (χ0n) is 15.6. The molecule has 2 aromatic heterocycles. The van der Waals surface area contributed by atoms with Gasteiger partial charge in [0.05, 0.1) is 23.9 Å². The van der Waals surface area contributed by atoms with Crippen LogP contribution in [0.2, 0.25) is 0 Å². The van der Waals surface area contributed by atoms with Crippen LogP contribution in [-0.4, -0.2) is 40.5 Å². The number of nitrogens with one attached hydrogen (secondary N) is 2. The first-order chi connectivity index (χ1) is 13.5. The van der Waals surface area contributed by atoms with Crippen molar-refractivity contribution in [2.45, 2.75) is 32.9 Å². The summed E-state index contributed by atoms with van der Waals surface area (Å²) in [5.41, 5.74) is 1.53. The maximum atomic E-state index is 13.0. The summed E-state index contributed by atoms with van der Waals surface area (Å²) in [6.07, 6.45) is 4.54. The van der Waals surface area contributed by atoms with E-state index in [4.69, 9.17) is 0 Å². The van der Waals surface area contributed by atoms with Crippen LogP contribution in [0.1, 0.15) is 25.3 Å². The molecular formula is C18H23FN6O2S. The van der Waals surface area contributed by atoms with Gasteiger partial charge in [-0.3, -0.25) is 0 Å². The van der Waals surface area contributed by atoms with Crippen LogP contribution in [0.15, 0.2) is 36.8 Å². The highest BCUT2D eigenvalue weighted by molar-refractivity contribution is 7.89. The van der Waals surface area contributed by atoms with Crippen LogP contribution in [0.3, 0.4) is 0 Å². The Hall–Kier alpha value is -2.59. The molecule has 28 heavy (non-hydrogen) atoms. The maximum Gasteiger partial charge on any atom is 0.211 e. The number of aromatic nitrogens is 4. The highest BCUT2D eigenvalue weighted by Gasteiger charge is 2.12. The van der Waals surface area contributed by atoms with Gasteiger partial charge in [0, 0.05) is 13.1 Å². The van der Waals surface area contributed by atoms with E-state index in [0.29, 0.717) is 31.0 Å². The molecule has 1 aromatic carbocycles. The Morgan fingerprint density at radius 2 is 1.96 bits per heavy atom. The predicted molar refractivity (Wildman–Crippen MR) is 106 cm³/mol. The molecule has 2 heterocycles. The molecule has 0 radical (unpaired) electrons. The Labute approximate surface area is 163 Å². The number of unbranched alkanes of at least 4 members (excludes halogenated alkanes) is 1. The number of hydrogen-bond donors (Lipinski definition) is 2. The fourth-order valence-corrected chi connectivity index (χ4v) is 3.91. The van der Waals surface area contributed by atoms with Crippen molar-refractivity contribution in [3.8, 4) is 0 Å². The van der Waals surface area contributed by atoms with E-state index in [9.17, 15) is 12.8 Å². The molecule has 0 aliphatic rings. The van der Waals surface area contributed by atoms with Gasteiger partial charge in [-0.15, -0.1) is 0 Å². The van der Waals surface area contributed by atoms with Crippen molar-refractivity contribution in [2.75, 3.05) is 17.6 Å². The standard InChI is InChI=1S/C18H23FN6O2S/c1-2-3-10-28(26,27)24-8-9-25-18-16(12-23-25)17(21-13-22-18)20-11-14-4-6-15(19)7-5-14/h4-7,12-13,24H,2-3,8-11H2,1H3,(H,20,21,22). The molecule has 0 fully saturated rings. The average Bonchev–Trinajstić information content (AvgIpc) is 3.10. The molecule has 0 amide bonds. The lowest BCUT2D eigenvalue weighted by Crippen LogP contribution is -2.29. The molecule has 2 N–H and O–H groups in total.